The second kappa shape index (κ2) is 9.25. The van der Waals surface area contributed by atoms with Crippen molar-refractivity contribution in [2.45, 2.75) is 12.1 Å². The van der Waals surface area contributed by atoms with Crippen LogP contribution in [0.25, 0.3) is 0 Å². The molecule has 0 bridgehead atoms. The van der Waals surface area contributed by atoms with Crippen LogP contribution in [0.4, 0.5) is 10.5 Å². The lowest BCUT2D eigenvalue weighted by Crippen LogP contribution is -2.46. The zero-order chi connectivity index (χ0) is 19.1. The molecule has 0 radical (unpaired) electrons. The van der Waals surface area contributed by atoms with E-state index in [-0.39, 0.29) is 18.7 Å². The molecule has 3 rings (SSSR count). The van der Waals surface area contributed by atoms with Gasteiger partial charge in [-0.2, -0.15) is 0 Å². The summed E-state index contributed by atoms with van der Waals surface area (Å²) in [5, 5.41) is 12.7. The molecular weight excluding hydrogens is 348 g/mol. The number of aliphatic hydroxyl groups excluding tert-OH is 1. The highest BCUT2D eigenvalue weighted by atomic mass is 16.5. The average Bonchev–Trinajstić information content (AvgIpc) is 3.12. The van der Waals surface area contributed by atoms with Gasteiger partial charge in [0, 0.05) is 7.05 Å². The second-order valence-electron chi connectivity index (χ2n) is 6.22. The number of aliphatic hydroxyl groups is 1. The van der Waals surface area contributed by atoms with Crippen LogP contribution in [0.3, 0.4) is 0 Å². The van der Waals surface area contributed by atoms with Crippen molar-refractivity contribution in [2.75, 3.05) is 38.8 Å². The lowest BCUT2D eigenvalue weighted by Gasteiger charge is -2.26. The average molecular weight is 372 g/mol. The van der Waals surface area contributed by atoms with E-state index < -0.39 is 6.10 Å². The standard InChI is InChI=1S/C20H24N2O5/c1-22(17-13-25-14-18(17)23)20(24)21-16-9-5-6-10-19(16)27-12-11-26-15-7-3-2-4-8-15/h2-10,17-18,23H,11-14H2,1H3,(H,21,24)/t17-,18-/m0/s1. The number of hydrogen-bond acceptors (Lipinski definition) is 5. The van der Waals surface area contributed by atoms with Gasteiger partial charge in [0.15, 0.2) is 0 Å². The molecule has 7 heteroatoms. The number of ether oxygens (including phenoxy) is 3. The van der Waals surface area contributed by atoms with Crippen molar-refractivity contribution in [1.82, 2.24) is 4.90 Å². The zero-order valence-electron chi connectivity index (χ0n) is 15.2. The minimum Gasteiger partial charge on any atom is -0.490 e. The predicted molar refractivity (Wildman–Crippen MR) is 101 cm³/mol. The van der Waals surface area contributed by atoms with E-state index in [9.17, 15) is 9.90 Å². The SMILES string of the molecule is CN(C(=O)Nc1ccccc1OCCOc1ccccc1)[C@H]1COC[C@@H]1O. The third-order valence-electron chi connectivity index (χ3n) is 4.32. The highest BCUT2D eigenvalue weighted by Crippen LogP contribution is 2.24. The van der Waals surface area contributed by atoms with Crippen molar-refractivity contribution in [1.29, 1.82) is 0 Å². The van der Waals surface area contributed by atoms with Crippen molar-refractivity contribution < 1.29 is 24.1 Å². The molecule has 1 saturated heterocycles. The molecule has 1 fully saturated rings. The first-order valence-corrected chi connectivity index (χ1v) is 8.84. The lowest BCUT2D eigenvalue weighted by atomic mass is 10.2. The summed E-state index contributed by atoms with van der Waals surface area (Å²) in [4.78, 5) is 13.9. The highest BCUT2D eigenvalue weighted by Gasteiger charge is 2.32. The number of amides is 2. The number of carbonyl (C=O) groups excluding carboxylic acids is 1. The number of likely N-dealkylation sites (N-methyl/N-ethyl adjacent to an activating group) is 1. The lowest BCUT2D eigenvalue weighted by molar-refractivity contribution is 0.106. The Balaban J connectivity index is 1.53. The van der Waals surface area contributed by atoms with Crippen molar-refractivity contribution in [3.05, 3.63) is 54.6 Å². The third kappa shape index (κ3) is 5.12. The van der Waals surface area contributed by atoms with E-state index in [4.69, 9.17) is 14.2 Å². The molecule has 0 aliphatic carbocycles. The third-order valence-corrected chi connectivity index (χ3v) is 4.32. The molecule has 0 unspecified atom stereocenters. The van der Waals surface area contributed by atoms with Gasteiger partial charge >= 0.3 is 6.03 Å². The fraction of sp³-hybridized carbons (Fsp3) is 0.350. The predicted octanol–water partition coefficient (Wildman–Crippen LogP) is 2.37. The van der Waals surface area contributed by atoms with E-state index in [1.165, 1.54) is 4.90 Å². The van der Waals surface area contributed by atoms with Crippen molar-refractivity contribution in [3.8, 4) is 11.5 Å². The zero-order valence-corrected chi connectivity index (χ0v) is 15.2. The fourth-order valence-corrected chi connectivity index (χ4v) is 2.78. The van der Waals surface area contributed by atoms with Crippen LogP contribution in [0.2, 0.25) is 0 Å². The van der Waals surface area contributed by atoms with Crippen LogP contribution >= 0.6 is 0 Å². The number of rotatable bonds is 7. The van der Waals surface area contributed by atoms with Crippen LogP contribution < -0.4 is 14.8 Å². The van der Waals surface area contributed by atoms with Gasteiger partial charge in [0.25, 0.3) is 0 Å². The van der Waals surface area contributed by atoms with Gasteiger partial charge in [-0.1, -0.05) is 30.3 Å². The minimum absolute atomic E-state index is 0.239. The summed E-state index contributed by atoms with van der Waals surface area (Å²) in [7, 11) is 1.63. The molecule has 0 aromatic heterocycles. The molecule has 7 nitrogen and oxygen atoms in total. The summed E-state index contributed by atoms with van der Waals surface area (Å²) in [5.41, 5.74) is 0.558. The van der Waals surface area contributed by atoms with Gasteiger partial charge in [0.2, 0.25) is 0 Å². The second-order valence-corrected chi connectivity index (χ2v) is 6.22. The van der Waals surface area contributed by atoms with Gasteiger partial charge in [0.05, 0.1) is 31.0 Å². The molecule has 2 N–H and O–H groups in total. The number of benzene rings is 2. The van der Waals surface area contributed by atoms with Crippen LogP contribution in [-0.2, 0) is 4.74 Å². The maximum absolute atomic E-state index is 12.5. The van der Waals surface area contributed by atoms with Gasteiger partial charge in [-0.15, -0.1) is 0 Å². The van der Waals surface area contributed by atoms with Gasteiger partial charge in [-0.25, -0.2) is 4.79 Å². The first-order valence-electron chi connectivity index (χ1n) is 8.84. The minimum atomic E-state index is -0.678. The maximum atomic E-state index is 12.5. The van der Waals surface area contributed by atoms with Gasteiger partial charge in [-0.05, 0) is 24.3 Å². The Hall–Kier alpha value is -2.77. The molecule has 2 atom stereocenters. The Morgan fingerprint density at radius 1 is 1.11 bits per heavy atom. The van der Waals surface area contributed by atoms with Crippen molar-refractivity contribution in [3.63, 3.8) is 0 Å². The van der Waals surface area contributed by atoms with E-state index in [1.807, 2.05) is 42.5 Å². The first-order chi connectivity index (χ1) is 13.1. The van der Waals surface area contributed by atoms with E-state index in [0.29, 0.717) is 31.3 Å². The summed E-state index contributed by atoms with van der Waals surface area (Å²) >= 11 is 0. The number of urea groups is 1. The Morgan fingerprint density at radius 2 is 1.81 bits per heavy atom. The Bertz CT molecular complexity index is 740. The van der Waals surface area contributed by atoms with E-state index in [0.717, 1.165) is 5.75 Å². The number of nitrogens with zero attached hydrogens (tertiary/aromatic N) is 1. The van der Waals surface area contributed by atoms with Crippen molar-refractivity contribution >= 4 is 11.7 Å². The molecule has 27 heavy (non-hydrogen) atoms. The molecule has 144 valence electrons. The normalized spacial score (nSPS) is 18.7. The number of carbonyl (C=O) groups is 1. The van der Waals surface area contributed by atoms with Gasteiger partial charge < -0.3 is 29.5 Å². The Kier molecular flexibility index (Phi) is 6.51. The molecule has 0 saturated carbocycles. The maximum Gasteiger partial charge on any atom is 0.322 e. The smallest absolute Gasteiger partial charge is 0.322 e. The van der Waals surface area contributed by atoms with Crippen LogP contribution in [0.1, 0.15) is 0 Å². The topological polar surface area (TPSA) is 80.3 Å². The molecule has 0 spiro atoms. The number of para-hydroxylation sites is 3. The van der Waals surface area contributed by atoms with E-state index in [1.54, 1.807) is 19.2 Å². The van der Waals surface area contributed by atoms with Crippen LogP contribution in [0.5, 0.6) is 11.5 Å². The molecule has 1 aliphatic heterocycles. The fourth-order valence-electron chi connectivity index (χ4n) is 2.78. The largest absolute Gasteiger partial charge is 0.490 e. The van der Waals surface area contributed by atoms with Crippen molar-refractivity contribution in [2.24, 2.45) is 0 Å². The summed E-state index contributed by atoms with van der Waals surface area (Å²) in [5.74, 6) is 1.33. The number of nitrogens with one attached hydrogen (secondary N) is 1. The van der Waals surface area contributed by atoms with Crippen LogP contribution in [0.15, 0.2) is 54.6 Å². The summed E-state index contributed by atoms with van der Waals surface area (Å²) < 4.78 is 16.6. The summed E-state index contributed by atoms with van der Waals surface area (Å²) in [6, 6.07) is 16.0. The molecule has 2 aromatic carbocycles. The van der Waals surface area contributed by atoms with E-state index >= 15 is 0 Å². The summed E-state index contributed by atoms with van der Waals surface area (Å²) in [6.45, 7) is 1.29. The first kappa shape index (κ1) is 19.0. The Morgan fingerprint density at radius 3 is 2.56 bits per heavy atom. The van der Waals surface area contributed by atoms with E-state index in [2.05, 4.69) is 5.32 Å². The summed E-state index contributed by atoms with van der Waals surface area (Å²) in [6.07, 6.45) is -0.678. The molecule has 2 aromatic rings. The molecule has 1 heterocycles. The van der Waals surface area contributed by atoms with Gasteiger partial charge in [-0.3, -0.25) is 0 Å². The van der Waals surface area contributed by atoms with Crippen LogP contribution in [0, 0.1) is 0 Å². The molecular formula is C20H24N2O5. The number of hydrogen-bond donors (Lipinski definition) is 2. The quantitative estimate of drug-likeness (QED) is 0.730. The van der Waals surface area contributed by atoms with Gasteiger partial charge in [0.1, 0.15) is 24.7 Å². The molecule has 2 amide bonds. The Labute approximate surface area is 158 Å². The number of anilines is 1. The monoisotopic (exact) mass is 372 g/mol. The molecule has 1 aliphatic rings. The van der Waals surface area contributed by atoms with Crippen LogP contribution in [-0.4, -0.2) is 61.7 Å². The highest BCUT2D eigenvalue weighted by molar-refractivity contribution is 5.91.